The Morgan fingerprint density at radius 3 is 2.38 bits per heavy atom. The van der Waals surface area contributed by atoms with Crippen LogP contribution in [0, 0.1) is 6.92 Å². The molecule has 2 aromatic rings. The standard InChI is InChI=1S/C12H16N2O2/c1-5-14-8(2)13-9-6-11(15-3)12(16-4)7-10(9)14/h6-7H,5H2,1-4H3. The predicted molar refractivity (Wildman–Crippen MR) is 63.2 cm³/mol. The molecule has 0 bridgehead atoms. The normalized spacial score (nSPS) is 10.8. The molecular weight excluding hydrogens is 204 g/mol. The van der Waals surface area contributed by atoms with E-state index in [1.54, 1.807) is 14.2 Å². The van der Waals surface area contributed by atoms with Gasteiger partial charge >= 0.3 is 0 Å². The van der Waals surface area contributed by atoms with Crippen LogP contribution < -0.4 is 9.47 Å². The number of fused-ring (bicyclic) bond motifs is 1. The van der Waals surface area contributed by atoms with E-state index in [4.69, 9.17) is 9.47 Å². The van der Waals surface area contributed by atoms with Crippen LogP contribution in [0.15, 0.2) is 12.1 Å². The van der Waals surface area contributed by atoms with Crippen molar-refractivity contribution in [3.05, 3.63) is 18.0 Å². The Balaban J connectivity index is 2.73. The monoisotopic (exact) mass is 220 g/mol. The lowest BCUT2D eigenvalue weighted by Gasteiger charge is -2.08. The van der Waals surface area contributed by atoms with E-state index in [-0.39, 0.29) is 0 Å². The third-order valence-corrected chi connectivity index (χ3v) is 2.76. The number of hydrogen-bond donors (Lipinski definition) is 0. The molecule has 0 unspecified atom stereocenters. The molecule has 0 N–H and O–H groups in total. The van der Waals surface area contributed by atoms with Gasteiger partial charge in [-0.2, -0.15) is 0 Å². The van der Waals surface area contributed by atoms with Crippen molar-refractivity contribution in [2.45, 2.75) is 20.4 Å². The van der Waals surface area contributed by atoms with Crippen LogP contribution >= 0.6 is 0 Å². The quantitative estimate of drug-likeness (QED) is 0.796. The van der Waals surface area contributed by atoms with Gasteiger partial charge in [0.05, 0.1) is 25.3 Å². The van der Waals surface area contributed by atoms with Crippen LogP contribution in [0.2, 0.25) is 0 Å². The van der Waals surface area contributed by atoms with Crippen LogP contribution in [-0.4, -0.2) is 23.8 Å². The molecule has 0 radical (unpaired) electrons. The SMILES string of the molecule is CCn1c(C)nc2cc(OC)c(OC)cc21. The van der Waals surface area contributed by atoms with E-state index in [2.05, 4.69) is 16.5 Å². The molecule has 4 heteroatoms. The summed E-state index contributed by atoms with van der Waals surface area (Å²) in [5.41, 5.74) is 2.02. The summed E-state index contributed by atoms with van der Waals surface area (Å²) in [5.74, 6) is 2.47. The van der Waals surface area contributed by atoms with Crippen LogP contribution in [0.4, 0.5) is 0 Å². The largest absolute Gasteiger partial charge is 0.493 e. The van der Waals surface area contributed by atoms with E-state index < -0.39 is 0 Å². The van der Waals surface area contributed by atoms with Crippen LogP contribution in [0.5, 0.6) is 11.5 Å². The second-order valence-electron chi connectivity index (χ2n) is 3.60. The number of imidazole rings is 1. The van der Waals surface area contributed by atoms with Crippen LogP contribution in [0.3, 0.4) is 0 Å². The van der Waals surface area contributed by atoms with Gasteiger partial charge in [-0.3, -0.25) is 0 Å². The van der Waals surface area contributed by atoms with Gasteiger partial charge in [0.1, 0.15) is 5.82 Å². The number of hydrogen-bond acceptors (Lipinski definition) is 3. The summed E-state index contributed by atoms with van der Waals surface area (Å²) in [6.07, 6.45) is 0. The van der Waals surface area contributed by atoms with E-state index in [1.165, 1.54) is 0 Å². The van der Waals surface area contributed by atoms with Crippen LogP contribution in [-0.2, 0) is 6.54 Å². The van der Waals surface area contributed by atoms with Crippen molar-refractivity contribution < 1.29 is 9.47 Å². The molecule has 0 amide bonds. The zero-order valence-electron chi connectivity index (χ0n) is 10.1. The predicted octanol–water partition coefficient (Wildman–Crippen LogP) is 2.38. The lowest BCUT2D eigenvalue weighted by Crippen LogP contribution is -1.97. The number of nitrogens with zero attached hydrogens (tertiary/aromatic N) is 2. The van der Waals surface area contributed by atoms with Crippen molar-refractivity contribution >= 4 is 11.0 Å². The molecule has 86 valence electrons. The average Bonchev–Trinajstić information content (AvgIpc) is 2.61. The highest BCUT2D eigenvalue weighted by molar-refractivity contribution is 5.80. The highest BCUT2D eigenvalue weighted by Crippen LogP contribution is 2.32. The topological polar surface area (TPSA) is 36.3 Å². The van der Waals surface area contributed by atoms with Gasteiger partial charge in [0.15, 0.2) is 11.5 Å². The molecular formula is C12H16N2O2. The molecule has 1 heterocycles. The Kier molecular flexibility index (Phi) is 2.73. The van der Waals surface area contributed by atoms with Crippen LogP contribution in [0.25, 0.3) is 11.0 Å². The molecule has 0 aliphatic rings. The maximum atomic E-state index is 5.29. The first-order valence-electron chi connectivity index (χ1n) is 5.30. The fourth-order valence-corrected chi connectivity index (χ4v) is 1.97. The fraction of sp³-hybridized carbons (Fsp3) is 0.417. The maximum absolute atomic E-state index is 5.29. The summed E-state index contributed by atoms with van der Waals surface area (Å²) in [6, 6.07) is 3.88. The molecule has 1 aromatic carbocycles. The van der Waals surface area contributed by atoms with Crippen molar-refractivity contribution in [2.24, 2.45) is 0 Å². The Labute approximate surface area is 94.8 Å². The second-order valence-corrected chi connectivity index (χ2v) is 3.60. The minimum absolute atomic E-state index is 0.718. The lowest BCUT2D eigenvalue weighted by atomic mass is 10.2. The Hall–Kier alpha value is -1.71. The third kappa shape index (κ3) is 1.50. The average molecular weight is 220 g/mol. The minimum atomic E-state index is 0.718. The zero-order chi connectivity index (χ0) is 11.7. The van der Waals surface area contributed by atoms with Gasteiger partial charge in [-0.15, -0.1) is 0 Å². The maximum Gasteiger partial charge on any atom is 0.163 e. The van der Waals surface area contributed by atoms with Gasteiger partial charge in [-0.25, -0.2) is 4.98 Å². The highest BCUT2D eigenvalue weighted by atomic mass is 16.5. The minimum Gasteiger partial charge on any atom is -0.493 e. The van der Waals surface area contributed by atoms with E-state index >= 15 is 0 Å². The van der Waals surface area contributed by atoms with Gasteiger partial charge in [0.25, 0.3) is 0 Å². The van der Waals surface area contributed by atoms with E-state index in [0.717, 1.165) is 34.9 Å². The van der Waals surface area contributed by atoms with Crippen molar-refractivity contribution in [3.8, 4) is 11.5 Å². The van der Waals surface area contributed by atoms with Crippen molar-refractivity contribution in [2.75, 3.05) is 14.2 Å². The number of methoxy groups -OCH3 is 2. The smallest absolute Gasteiger partial charge is 0.163 e. The Bertz CT molecular complexity index is 517. The summed E-state index contributed by atoms with van der Waals surface area (Å²) in [5, 5.41) is 0. The number of aromatic nitrogens is 2. The summed E-state index contributed by atoms with van der Waals surface area (Å²) in [7, 11) is 3.27. The van der Waals surface area contributed by atoms with Crippen LogP contribution in [0.1, 0.15) is 12.7 Å². The van der Waals surface area contributed by atoms with Crippen molar-refractivity contribution in [3.63, 3.8) is 0 Å². The van der Waals surface area contributed by atoms with Gasteiger partial charge in [0, 0.05) is 18.7 Å². The van der Waals surface area contributed by atoms with Gasteiger partial charge in [-0.05, 0) is 13.8 Å². The first-order valence-corrected chi connectivity index (χ1v) is 5.30. The Morgan fingerprint density at radius 2 is 1.81 bits per heavy atom. The van der Waals surface area contributed by atoms with Gasteiger partial charge < -0.3 is 14.0 Å². The molecule has 0 aliphatic carbocycles. The number of ether oxygens (including phenoxy) is 2. The summed E-state index contributed by atoms with van der Waals surface area (Å²) in [6.45, 7) is 5.01. The van der Waals surface area contributed by atoms with Crippen molar-refractivity contribution in [1.82, 2.24) is 9.55 Å². The molecule has 0 spiro atoms. The molecule has 0 aliphatic heterocycles. The first kappa shape index (κ1) is 10.8. The summed E-state index contributed by atoms with van der Waals surface area (Å²) in [4.78, 5) is 4.50. The van der Waals surface area contributed by atoms with Gasteiger partial charge in [0.2, 0.25) is 0 Å². The molecule has 16 heavy (non-hydrogen) atoms. The molecule has 0 atom stereocenters. The van der Waals surface area contributed by atoms with Gasteiger partial charge in [-0.1, -0.05) is 0 Å². The Morgan fingerprint density at radius 1 is 1.19 bits per heavy atom. The number of rotatable bonds is 3. The molecule has 4 nitrogen and oxygen atoms in total. The molecule has 0 fully saturated rings. The highest BCUT2D eigenvalue weighted by Gasteiger charge is 2.11. The van der Waals surface area contributed by atoms with E-state index in [0.29, 0.717) is 0 Å². The molecule has 0 saturated carbocycles. The molecule has 1 aromatic heterocycles. The van der Waals surface area contributed by atoms with E-state index in [9.17, 15) is 0 Å². The van der Waals surface area contributed by atoms with E-state index in [1.807, 2.05) is 19.1 Å². The number of benzene rings is 1. The number of aryl methyl sites for hydroxylation is 2. The lowest BCUT2D eigenvalue weighted by molar-refractivity contribution is 0.355. The summed E-state index contributed by atoms with van der Waals surface area (Å²) < 4.78 is 12.7. The molecule has 2 rings (SSSR count). The third-order valence-electron chi connectivity index (χ3n) is 2.76. The second kappa shape index (κ2) is 4.04. The fourth-order valence-electron chi connectivity index (χ4n) is 1.97. The first-order chi connectivity index (χ1) is 7.71. The zero-order valence-corrected chi connectivity index (χ0v) is 10.1. The van der Waals surface area contributed by atoms with Crippen molar-refractivity contribution in [1.29, 1.82) is 0 Å². The summed E-state index contributed by atoms with van der Waals surface area (Å²) >= 11 is 0. The molecule has 0 saturated heterocycles.